The summed E-state index contributed by atoms with van der Waals surface area (Å²) < 4.78 is 0. The van der Waals surface area contributed by atoms with E-state index in [1.165, 1.54) is 27.8 Å². The van der Waals surface area contributed by atoms with Gasteiger partial charge in [0.25, 0.3) is 0 Å². The van der Waals surface area contributed by atoms with Gasteiger partial charge in [-0.15, -0.1) is 12.4 Å². The number of hydrogen-bond acceptors (Lipinski definition) is 2. The smallest absolute Gasteiger partial charge is 0.222 e. The first-order chi connectivity index (χ1) is 12.6. The van der Waals surface area contributed by atoms with Crippen LogP contribution in [0, 0.1) is 5.41 Å². The topological polar surface area (TPSA) is 46.3 Å². The van der Waals surface area contributed by atoms with Crippen LogP contribution in [0.1, 0.15) is 42.9 Å². The van der Waals surface area contributed by atoms with Gasteiger partial charge >= 0.3 is 0 Å². The maximum absolute atomic E-state index is 12.5. The standard InChI is InChI=1S/C23H28N2O.ClH/c1-23(15-24)11-12-25(16-23)22(26)8-4-5-17-9-10-19-14-18-6-2-3-7-20(18)21(19)13-17;/h2-3,6-7,9-10,13H,4-5,8,11-12,14-16,24H2,1H3;1H. The third kappa shape index (κ3) is 4.04. The predicted molar refractivity (Wildman–Crippen MR) is 113 cm³/mol. The molecule has 2 N–H and O–H groups in total. The van der Waals surface area contributed by atoms with E-state index in [1.54, 1.807) is 0 Å². The summed E-state index contributed by atoms with van der Waals surface area (Å²) in [5.41, 5.74) is 12.9. The van der Waals surface area contributed by atoms with Crippen LogP contribution in [-0.4, -0.2) is 30.4 Å². The number of likely N-dealkylation sites (tertiary alicyclic amines) is 1. The Morgan fingerprint density at radius 1 is 1.15 bits per heavy atom. The molecule has 1 aliphatic heterocycles. The molecule has 144 valence electrons. The Labute approximate surface area is 168 Å². The molecular formula is C23H29ClN2O. The molecule has 0 spiro atoms. The summed E-state index contributed by atoms with van der Waals surface area (Å²) in [6, 6.07) is 15.5. The zero-order chi connectivity index (χ0) is 18.1. The van der Waals surface area contributed by atoms with Gasteiger partial charge in [-0.1, -0.05) is 49.4 Å². The van der Waals surface area contributed by atoms with Crippen molar-refractivity contribution in [3.05, 3.63) is 59.2 Å². The Kier molecular flexibility index (Phi) is 5.92. The minimum atomic E-state index is 0. The molecule has 1 aliphatic carbocycles. The summed E-state index contributed by atoms with van der Waals surface area (Å²) in [6.07, 6.45) is 4.57. The van der Waals surface area contributed by atoms with Crippen molar-refractivity contribution in [2.24, 2.45) is 11.1 Å². The molecule has 4 heteroatoms. The number of aryl methyl sites for hydroxylation is 1. The van der Waals surface area contributed by atoms with Crippen molar-refractivity contribution in [1.29, 1.82) is 0 Å². The number of halogens is 1. The number of rotatable bonds is 5. The second-order valence-electron chi connectivity index (χ2n) is 8.26. The fraction of sp³-hybridized carbons (Fsp3) is 0.435. The summed E-state index contributed by atoms with van der Waals surface area (Å²) in [6.45, 7) is 4.52. The van der Waals surface area contributed by atoms with Crippen LogP contribution in [0.2, 0.25) is 0 Å². The highest BCUT2D eigenvalue weighted by molar-refractivity contribution is 5.85. The van der Waals surface area contributed by atoms with E-state index in [0.29, 0.717) is 13.0 Å². The number of benzene rings is 2. The van der Waals surface area contributed by atoms with Gasteiger partial charge in [-0.05, 0) is 65.5 Å². The molecule has 2 aromatic carbocycles. The largest absolute Gasteiger partial charge is 0.342 e. The zero-order valence-corrected chi connectivity index (χ0v) is 16.9. The van der Waals surface area contributed by atoms with Crippen molar-refractivity contribution >= 4 is 18.3 Å². The van der Waals surface area contributed by atoms with Crippen molar-refractivity contribution in [3.63, 3.8) is 0 Å². The van der Waals surface area contributed by atoms with E-state index < -0.39 is 0 Å². The molecule has 1 fully saturated rings. The number of carbonyl (C=O) groups is 1. The van der Waals surface area contributed by atoms with Crippen LogP contribution in [0.4, 0.5) is 0 Å². The van der Waals surface area contributed by atoms with Crippen LogP contribution >= 0.6 is 12.4 Å². The van der Waals surface area contributed by atoms with E-state index in [9.17, 15) is 4.79 Å². The van der Waals surface area contributed by atoms with E-state index >= 15 is 0 Å². The van der Waals surface area contributed by atoms with Crippen molar-refractivity contribution in [3.8, 4) is 11.1 Å². The Morgan fingerprint density at radius 2 is 1.93 bits per heavy atom. The molecule has 2 aromatic rings. The molecule has 1 saturated heterocycles. The third-order valence-electron chi connectivity index (χ3n) is 6.12. The van der Waals surface area contributed by atoms with Gasteiger partial charge in [-0.2, -0.15) is 0 Å². The molecule has 0 radical (unpaired) electrons. The molecule has 1 unspecified atom stereocenters. The Bertz CT molecular complexity index is 835. The highest BCUT2D eigenvalue weighted by Gasteiger charge is 2.34. The quantitative estimate of drug-likeness (QED) is 0.716. The van der Waals surface area contributed by atoms with Crippen molar-refractivity contribution in [2.45, 2.75) is 39.0 Å². The summed E-state index contributed by atoms with van der Waals surface area (Å²) in [5, 5.41) is 0. The van der Waals surface area contributed by atoms with Gasteiger partial charge in [-0.3, -0.25) is 4.79 Å². The molecule has 0 bridgehead atoms. The first-order valence-corrected chi connectivity index (χ1v) is 9.76. The monoisotopic (exact) mass is 384 g/mol. The third-order valence-corrected chi connectivity index (χ3v) is 6.12. The summed E-state index contributed by atoms with van der Waals surface area (Å²) in [5.74, 6) is 0.286. The molecule has 3 nitrogen and oxygen atoms in total. The van der Waals surface area contributed by atoms with E-state index in [-0.39, 0.29) is 23.7 Å². The molecule has 4 rings (SSSR count). The lowest BCUT2D eigenvalue weighted by Crippen LogP contribution is -2.34. The second kappa shape index (κ2) is 8.04. The normalized spacial score (nSPS) is 20.1. The molecule has 2 aliphatic rings. The van der Waals surface area contributed by atoms with Crippen LogP contribution in [0.3, 0.4) is 0 Å². The van der Waals surface area contributed by atoms with Crippen LogP contribution in [0.25, 0.3) is 11.1 Å². The molecule has 0 saturated carbocycles. The van der Waals surface area contributed by atoms with Crippen LogP contribution in [0.5, 0.6) is 0 Å². The molecule has 27 heavy (non-hydrogen) atoms. The van der Waals surface area contributed by atoms with Gasteiger partial charge in [0.05, 0.1) is 0 Å². The van der Waals surface area contributed by atoms with Gasteiger partial charge in [0, 0.05) is 19.5 Å². The number of carbonyl (C=O) groups excluding carboxylic acids is 1. The first kappa shape index (κ1) is 19.9. The number of nitrogens with two attached hydrogens (primary N) is 1. The minimum absolute atomic E-state index is 0. The molecular weight excluding hydrogens is 356 g/mol. The van der Waals surface area contributed by atoms with Gasteiger partial charge in [0.2, 0.25) is 5.91 Å². The molecule has 0 aromatic heterocycles. The number of fused-ring (bicyclic) bond motifs is 3. The van der Waals surface area contributed by atoms with Crippen molar-refractivity contribution in [2.75, 3.05) is 19.6 Å². The van der Waals surface area contributed by atoms with Crippen molar-refractivity contribution < 1.29 is 4.79 Å². The molecule has 1 amide bonds. The fourth-order valence-electron chi connectivity index (χ4n) is 4.33. The first-order valence-electron chi connectivity index (χ1n) is 9.76. The molecule has 1 heterocycles. The number of hydrogen-bond donors (Lipinski definition) is 1. The van der Waals surface area contributed by atoms with Gasteiger partial charge in [0.15, 0.2) is 0 Å². The minimum Gasteiger partial charge on any atom is -0.342 e. The van der Waals surface area contributed by atoms with E-state index in [4.69, 9.17) is 5.73 Å². The Hall–Kier alpha value is -1.84. The highest BCUT2D eigenvalue weighted by atomic mass is 35.5. The highest BCUT2D eigenvalue weighted by Crippen LogP contribution is 2.37. The zero-order valence-electron chi connectivity index (χ0n) is 16.0. The lowest BCUT2D eigenvalue weighted by Gasteiger charge is -2.22. The van der Waals surface area contributed by atoms with Gasteiger partial charge in [0.1, 0.15) is 0 Å². The second-order valence-corrected chi connectivity index (χ2v) is 8.26. The fourth-order valence-corrected chi connectivity index (χ4v) is 4.33. The van der Waals surface area contributed by atoms with Crippen LogP contribution < -0.4 is 5.73 Å². The Morgan fingerprint density at radius 3 is 2.70 bits per heavy atom. The average molecular weight is 385 g/mol. The van der Waals surface area contributed by atoms with Crippen LogP contribution in [-0.2, 0) is 17.6 Å². The summed E-state index contributed by atoms with van der Waals surface area (Å²) in [4.78, 5) is 14.5. The average Bonchev–Trinajstić information content (AvgIpc) is 3.23. The number of amides is 1. The van der Waals surface area contributed by atoms with Gasteiger partial charge in [-0.25, -0.2) is 0 Å². The maximum atomic E-state index is 12.5. The lowest BCUT2D eigenvalue weighted by molar-refractivity contribution is -0.130. The van der Waals surface area contributed by atoms with Crippen molar-refractivity contribution in [1.82, 2.24) is 4.90 Å². The maximum Gasteiger partial charge on any atom is 0.222 e. The van der Waals surface area contributed by atoms with Gasteiger partial charge < -0.3 is 10.6 Å². The van der Waals surface area contributed by atoms with Crippen LogP contribution in [0.15, 0.2) is 42.5 Å². The SMILES string of the molecule is CC1(CN)CCN(C(=O)CCCc2ccc3c(c2)-c2ccccc2C3)C1.Cl. The Balaban J connectivity index is 0.00000210. The summed E-state index contributed by atoms with van der Waals surface area (Å²) >= 11 is 0. The summed E-state index contributed by atoms with van der Waals surface area (Å²) in [7, 11) is 0. The van der Waals surface area contributed by atoms with E-state index in [2.05, 4.69) is 49.4 Å². The predicted octanol–water partition coefficient (Wildman–Crippen LogP) is 4.20. The van der Waals surface area contributed by atoms with E-state index in [1.807, 2.05) is 4.90 Å². The van der Waals surface area contributed by atoms with E-state index in [0.717, 1.165) is 38.8 Å². The molecule has 1 atom stereocenters. The number of nitrogens with zero attached hydrogens (tertiary/aromatic N) is 1. The lowest BCUT2D eigenvalue weighted by atomic mass is 9.90.